The second-order valence-electron chi connectivity index (χ2n) is 11.9. The first kappa shape index (κ1) is 29.6. The molecule has 2 heterocycles. The van der Waals surface area contributed by atoms with Gasteiger partial charge in [0.15, 0.2) is 0 Å². The van der Waals surface area contributed by atoms with Crippen LogP contribution in [0.2, 0.25) is 0 Å². The maximum absolute atomic E-state index is 13.8. The van der Waals surface area contributed by atoms with E-state index in [2.05, 4.69) is 31.0 Å². The maximum atomic E-state index is 13.8. The highest BCUT2D eigenvalue weighted by Crippen LogP contribution is 2.41. The zero-order valence-electron chi connectivity index (χ0n) is 24.3. The Morgan fingerprint density at radius 3 is 2.36 bits per heavy atom. The quantitative estimate of drug-likeness (QED) is 0.346. The van der Waals surface area contributed by atoms with Crippen LogP contribution in [0.15, 0.2) is 28.7 Å². The van der Waals surface area contributed by atoms with E-state index in [0.717, 1.165) is 18.4 Å². The Morgan fingerprint density at radius 2 is 1.72 bits per heavy atom. The number of ether oxygens (including phenoxy) is 3. The molecule has 39 heavy (non-hydrogen) atoms. The van der Waals surface area contributed by atoms with E-state index in [1.165, 1.54) is 32.1 Å². The fraction of sp³-hybridized carbons (Fsp3) is 0.677. The molecule has 1 amide bonds. The van der Waals surface area contributed by atoms with Crippen molar-refractivity contribution in [2.24, 2.45) is 11.8 Å². The number of carbonyl (C=O) groups excluding carboxylic acids is 2. The first-order chi connectivity index (χ1) is 18.7. The number of rotatable bonds is 11. The van der Waals surface area contributed by atoms with E-state index in [0.29, 0.717) is 36.3 Å². The highest BCUT2D eigenvalue weighted by Gasteiger charge is 2.46. The van der Waals surface area contributed by atoms with Gasteiger partial charge in [0.05, 0.1) is 19.3 Å². The molecule has 1 aromatic carbocycles. The SMILES string of the molecule is CCOCC(COCC)OC(=O)c1cc2cc(NC(=O)[C@@H]3[C@H](C4CCCCC4)CCN3C(C)(C)C)ccc2o1. The fourth-order valence-electron chi connectivity index (χ4n) is 6.22. The Balaban J connectivity index is 1.47. The van der Waals surface area contributed by atoms with Crippen LogP contribution in [0.5, 0.6) is 0 Å². The molecule has 0 spiro atoms. The van der Waals surface area contributed by atoms with Crippen molar-refractivity contribution in [1.29, 1.82) is 0 Å². The van der Waals surface area contributed by atoms with Gasteiger partial charge >= 0.3 is 5.97 Å². The number of benzene rings is 1. The molecule has 1 saturated carbocycles. The first-order valence-corrected chi connectivity index (χ1v) is 14.7. The summed E-state index contributed by atoms with van der Waals surface area (Å²) in [5.41, 5.74) is 1.17. The first-order valence-electron chi connectivity index (χ1n) is 14.7. The average molecular weight is 543 g/mol. The molecule has 1 aromatic heterocycles. The van der Waals surface area contributed by atoms with E-state index in [4.69, 9.17) is 18.6 Å². The predicted octanol–water partition coefficient (Wildman–Crippen LogP) is 6.04. The Kier molecular flexibility index (Phi) is 10.1. The zero-order chi connectivity index (χ0) is 28.0. The summed E-state index contributed by atoms with van der Waals surface area (Å²) in [6, 6.07) is 6.99. The molecule has 1 aliphatic heterocycles. The molecule has 1 aliphatic carbocycles. The molecule has 2 fully saturated rings. The van der Waals surface area contributed by atoms with E-state index < -0.39 is 12.1 Å². The van der Waals surface area contributed by atoms with E-state index in [-0.39, 0.29) is 36.5 Å². The largest absolute Gasteiger partial charge is 0.452 e. The number of nitrogens with zero attached hydrogens (tertiary/aromatic N) is 1. The molecule has 2 aromatic rings. The lowest BCUT2D eigenvalue weighted by Crippen LogP contribution is -2.52. The lowest BCUT2D eigenvalue weighted by atomic mass is 9.76. The Hall–Kier alpha value is -2.42. The third-order valence-electron chi connectivity index (χ3n) is 8.10. The molecule has 8 heteroatoms. The van der Waals surface area contributed by atoms with Crippen LogP contribution in [0.1, 0.15) is 83.7 Å². The van der Waals surface area contributed by atoms with Crippen molar-refractivity contribution < 1.29 is 28.2 Å². The Bertz CT molecular complexity index is 1090. The minimum absolute atomic E-state index is 0.0511. The summed E-state index contributed by atoms with van der Waals surface area (Å²) in [6.07, 6.45) is 6.85. The van der Waals surface area contributed by atoms with Crippen molar-refractivity contribution in [3.05, 3.63) is 30.0 Å². The van der Waals surface area contributed by atoms with Crippen LogP contribution in [-0.2, 0) is 19.0 Å². The van der Waals surface area contributed by atoms with Crippen LogP contribution in [0, 0.1) is 11.8 Å². The van der Waals surface area contributed by atoms with Crippen molar-refractivity contribution in [1.82, 2.24) is 4.90 Å². The fourth-order valence-corrected chi connectivity index (χ4v) is 6.22. The van der Waals surface area contributed by atoms with Crippen LogP contribution in [0.4, 0.5) is 5.69 Å². The van der Waals surface area contributed by atoms with Gasteiger partial charge in [-0.2, -0.15) is 0 Å². The number of fused-ring (bicyclic) bond motifs is 1. The minimum atomic E-state index is -0.566. The number of hydrogen-bond acceptors (Lipinski definition) is 7. The smallest absolute Gasteiger partial charge is 0.374 e. The number of likely N-dealkylation sites (tertiary alicyclic amines) is 1. The zero-order valence-corrected chi connectivity index (χ0v) is 24.3. The van der Waals surface area contributed by atoms with Crippen LogP contribution in [-0.4, -0.2) is 67.4 Å². The number of nitrogens with one attached hydrogen (secondary N) is 1. The average Bonchev–Trinajstić information content (AvgIpc) is 3.55. The van der Waals surface area contributed by atoms with Gasteiger partial charge in [0, 0.05) is 29.8 Å². The molecule has 0 bridgehead atoms. The van der Waals surface area contributed by atoms with Crippen LogP contribution in [0.3, 0.4) is 0 Å². The molecule has 0 radical (unpaired) electrons. The summed E-state index contributed by atoms with van der Waals surface area (Å²) in [6.45, 7) is 12.9. The molecule has 216 valence electrons. The topological polar surface area (TPSA) is 90.2 Å². The van der Waals surface area contributed by atoms with Gasteiger partial charge in [-0.15, -0.1) is 0 Å². The van der Waals surface area contributed by atoms with Crippen molar-refractivity contribution in [3.8, 4) is 0 Å². The molecule has 2 aliphatic rings. The number of anilines is 1. The van der Waals surface area contributed by atoms with E-state index >= 15 is 0 Å². The second kappa shape index (κ2) is 13.3. The molecule has 1 N–H and O–H groups in total. The number of hydrogen-bond donors (Lipinski definition) is 1. The summed E-state index contributed by atoms with van der Waals surface area (Å²) >= 11 is 0. The molecule has 1 saturated heterocycles. The van der Waals surface area contributed by atoms with Gasteiger partial charge in [-0.1, -0.05) is 32.1 Å². The van der Waals surface area contributed by atoms with Gasteiger partial charge < -0.3 is 23.9 Å². The molecular formula is C31H46N2O6. The maximum Gasteiger partial charge on any atom is 0.374 e. The molecule has 4 rings (SSSR count). The van der Waals surface area contributed by atoms with Gasteiger partial charge in [-0.25, -0.2) is 4.79 Å². The molecular weight excluding hydrogens is 496 g/mol. The lowest BCUT2D eigenvalue weighted by Gasteiger charge is -2.39. The third-order valence-corrected chi connectivity index (χ3v) is 8.10. The Morgan fingerprint density at radius 1 is 1.03 bits per heavy atom. The van der Waals surface area contributed by atoms with E-state index in [9.17, 15) is 9.59 Å². The summed E-state index contributed by atoms with van der Waals surface area (Å²) in [4.78, 5) is 29.0. The number of amides is 1. The molecule has 0 unspecified atom stereocenters. The van der Waals surface area contributed by atoms with Crippen molar-refractivity contribution in [2.75, 3.05) is 38.3 Å². The van der Waals surface area contributed by atoms with Gasteiger partial charge in [0.25, 0.3) is 0 Å². The lowest BCUT2D eigenvalue weighted by molar-refractivity contribution is -0.124. The third kappa shape index (κ3) is 7.41. The predicted molar refractivity (Wildman–Crippen MR) is 152 cm³/mol. The standard InChI is InChI=1S/C31H46N2O6/c1-6-36-19-24(20-37-7-2)38-30(35)27-18-22-17-23(13-14-26(22)39-27)32-29(34)28-25(21-11-9-8-10-12-21)15-16-33(28)31(3,4)5/h13-14,17-18,21,24-25,28H,6-12,15-16,19-20H2,1-5H3,(H,32,34)/t25-,28-/m0/s1. The van der Waals surface area contributed by atoms with Gasteiger partial charge in [0.2, 0.25) is 11.7 Å². The van der Waals surface area contributed by atoms with Crippen molar-refractivity contribution in [3.63, 3.8) is 0 Å². The van der Waals surface area contributed by atoms with Crippen LogP contribution in [0.25, 0.3) is 11.0 Å². The van der Waals surface area contributed by atoms with Gasteiger partial charge in [0.1, 0.15) is 11.7 Å². The summed E-state index contributed by atoms with van der Waals surface area (Å²) in [7, 11) is 0. The van der Waals surface area contributed by atoms with E-state index in [1.54, 1.807) is 12.1 Å². The number of esters is 1. The number of carbonyl (C=O) groups is 2. The summed E-state index contributed by atoms with van der Waals surface area (Å²) in [5.74, 6) is 0.586. The normalized spacial score (nSPS) is 21.1. The molecule has 8 nitrogen and oxygen atoms in total. The highest BCUT2D eigenvalue weighted by molar-refractivity contribution is 5.98. The van der Waals surface area contributed by atoms with Crippen molar-refractivity contribution >= 4 is 28.5 Å². The molecule has 2 atom stereocenters. The van der Waals surface area contributed by atoms with Crippen molar-refractivity contribution in [2.45, 2.75) is 90.8 Å². The van der Waals surface area contributed by atoms with E-state index in [1.807, 2.05) is 26.0 Å². The minimum Gasteiger partial charge on any atom is -0.452 e. The van der Waals surface area contributed by atoms with Crippen LogP contribution >= 0.6 is 0 Å². The Labute approximate surface area is 232 Å². The van der Waals surface area contributed by atoms with Gasteiger partial charge in [-0.3, -0.25) is 9.69 Å². The summed E-state index contributed by atoms with van der Waals surface area (Å²) < 4.78 is 22.2. The highest BCUT2D eigenvalue weighted by atomic mass is 16.6. The second-order valence-corrected chi connectivity index (χ2v) is 11.9. The monoisotopic (exact) mass is 542 g/mol. The number of furan rings is 1. The summed E-state index contributed by atoms with van der Waals surface area (Å²) in [5, 5.41) is 3.92. The van der Waals surface area contributed by atoms with Crippen LogP contribution < -0.4 is 5.32 Å². The van der Waals surface area contributed by atoms with Gasteiger partial charge in [-0.05, 0) is 83.7 Å².